The summed E-state index contributed by atoms with van der Waals surface area (Å²) in [5.41, 5.74) is 2.48. The maximum atomic E-state index is 15.2. The quantitative estimate of drug-likeness (QED) is 0.553. The van der Waals surface area contributed by atoms with Crippen molar-refractivity contribution >= 4 is 0 Å². The summed E-state index contributed by atoms with van der Waals surface area (Å²) in [4.78, 5) is 0. The van der Waals surface area contributed by atoms with Crippen molar-refractivity contribution in [1.29, 1.82) is 0 Å². The molecule has 0 nitrogen and oxygen atoms in total. The molecule has 0 aromatic heterocycles. The van der Waals surface area contributed by atoms with E-state index in [2.05, 4.69) is 6.92 Å². The van der Waals surface area contributed by atoms with E-state index in [1.165, 1.54) is 37.8 Å². The van der Waals surface area contributed by atoms with Gasteiger partial charge in [0.25, 0.3) is 0 Å². The van der Waals surface area contributed by atoms with Crippen molar-refractivity contribution in [3.63, 3.8) is 0 Å². The predicted octanol–water partition coefficient (Wildman–Crippen LogP) is 7.02. The minimum Gasteiger partial charge on any atom is -0.207 e. The lowest BCUT2D eigenvalue weighted by Crippen LogP contribution is -2.28. The fourth-order valence-electron chi connectivity index (χ4n) is 5.26. The zero-order valence-electron chi connectivity index (χ0n) is 15.2. The van der Waals surface area contributed by atoms with Crippen LogP contribution in [0.25, 0.3) is 11.1 Å². The van der Waals surface area contributed by atoms with Crippen LogP contribution in [0.2, 0.25) is 0 Å². The minimum absolute atomic E-state index is 0.275. The van der Waals surface area contributed by atoms with Crippen molar-refractivity contribution in [3.05, 3.63) is 58.9 Å². The molecular weight excluding hydrogens is 333 g/mol. The first-order chi connectivity index (χ1) is 12.6. The molecule has 0 heterocycles. The number of rotatable bonds is 3. The number of hydrogen-bond acceptors (Lipinski definition) is 0. The summed E-state index contributed by atoms with van der Waals surface area (Å²) in [6, 6.07) is 6.94. The van der Waals surface area contributed by atoms with E-state index in [0.29, 0.717) is 17.4 Å². The van der Waals surface area contributed by atoms with Gasteiger partial charge in [-0.2, -0.15) is 0 Å². The first-order valence-corrected chi connectivity index (χ1v) is 9.84. The van der Waals surface area contributed by atoms with Crippen molar-refractivity contribution in [1.82, 2.24) is 0 Å². The Balaban J connectivity index is 1.67. The van der Waals surface area contributed by atoms with Gasteiger partial charge in [-0.1, -0.05) is 31.9 Å². The molecule has 0 N–H and O–H groups in total. The molecule has 2 aliphatic carbocycles. The zero-order chi connectivity index (χ0) is 18.3. The summed E-state index contributed by atoms with van der Waals surface area (Å²) in [5, 5.41) is 0. The second-order valence-corrected chi connectivity index (χ2v) is 8.03. The van der Waals surface area contributed by atoms with Gasteiger partial charge in [-0.15, -0.1) is 0 Å². The first kappa shape index (κ1) is 17.6. The highest BCUT2D eigenvalue weighted by molar-refractivity contribution is 5.66. The second-order valence-electron chi connectivity index (χ2n) is 8.03. The van der Waals surface area contributed by atoms with Crippen molar-refractivity contribution in [2.45, 2.75) is 57.8 Å². The summed E-state index contributed by atoms with van der Waals surface area (Å²) >= 11 is 0. The van der Waals surface area contributed by atoms with Gasteiger partial charge in [-0.25, -0.2) is 13.2 Å². The van der Waals surface area contributed by atoms with E-state index < -0.39 is 11.6 Å². The van der Waals surface area contributed by atoms with Crippen molar-refractivity contribution in [2.24, 2.45) is 11.8 Å². The molecule has 3 atom stereocenters. The van der Waals surface area contributed by atoms with Crippen LogP contribution in [0, 0.1) is 29.3 Å². The van der Waals surface area contributed by atoms with Gasteiger partial charge in [0.15, 0.2) is 0 Å². The smallest absolute Gasteiger partial charge is 0.134 e. The summed E-state index contributed by atoms with van der Waals surface area (Å²) in [7, 11) is 0. The van der Waals surface area contributed by atoms with E-state index in [1.54, 1.807) is 6.07 Å². The fraction of sp³-hybridized carbons (Fsp3) is 0.478. The van der Waals surface area contributed by atoms with Crippen molar-refractivity contribution in [2.75, 3.05) is 0 Å². The lowest BCUT2D eigenvalue weighted by molar-refractivity contribution is 0.200. The third-order valence-electron chi connectivity index (χ3n) is 6.41. The predicted molar refractivity (Wildman–Crippen MR) is 98.6 cm³/mol. The van der Waals surface area contributed by atoms with E-state index in [9.17, 15) is 8.78 Å². The monoisotopic (exact) mass is 358 g/mol. The van der Waals surface area contributed by atoms with Gasteiger partial charge in [0, 0.05) is 11.6 Å². The molecule has 0 bridgehead atoms. The van der Waals surface area contributed by atoms with Crippen LogP contribution in [0.4, 0.5) is 13.2 Å². The average Bonchev–Trinajstić information content (AvgIpc) is 2.61. The Morgan fingerprint density at radius 1 is 0.962 bits per heavy atom. The van der Waals surface area contributed by atoms with Gasteiger partial charge >= 0.3 is 0 Å². The Morgan fingerprint density at radius 3 is 2.46 bits per heavy atom. The molecule has 0 spiro atoms. The highest BCUT2D eigenvalue weighted by Gasteiger charge is 2.36. The maximum Gasteiger partial charge on any atom is 0.134 e. The Morgan fingerprint density at radius 2 is 1.73 bits per heavy atom. The van der Waals surface area contributed by atoms with Gasteiger partial charge in [-0.3, -0.25) is 0 Å². The molecule has 4 rings (SSSR count). The lowest BCUT2D eigenvalue weighted by atomic mass is 9.64. The Bertz CT molecular complexity index is 791. The number of hydrogen-bond donors (Lipinski definition) is 0. The topological polar surface area (TPSA) is 0 Å². The number of halogens is 3. The molecule has 2 aliphatic rings. The summed E-state index contributed by atoms with van der Waals surface area (Å²) in [6.07, 6.45) is 7.91. The highest BCUT2D eigenvalue weighted by atomic mass is 19.1. The molecule has 3 heteroatoms. The minimum atomic E-state index is -0.675. The zero-order valence-corrected chi connectivity index (χ0v) is 15.2. The molecule has 3 unspecified atom stereocenters. The molecule has 2 aromatic carbocycles. The van der Waals surface area contributed by atoms with Gasteiger partial charge < -0.3 is 0 Å². The molecule has 2 aromatic rings. The standard InChI is InChI=1S/C23H25F3/c1-2-3-14-4-6-19-15(10-14)5-7-22-21(19)9-8-20(23(22)26)16-11-17(24)13-18(25)12-16/h8-9,11-15,19H,2-7,10H2,1H3. The molecular formula is C23H25F3. The van der Waals surface area contributed by atoms with Gasteiger partial charge in [0.2, 0.25) is 0 Å². The van der Waals surface area contributed by atoms with Crippen LogP contribution in [0.5, 0.6) is 0 Å². The third-order valence-corrected chi connectivity index (χ3v) is 6.41. The molecule has 26 heavy (non-hydrogen) atoms. The molecule has 138 valence electrons. The van der Waals surface area contributed by atoms with Gasteiger partial charge in [-0.05, 0) is 78.7 Å². The molecule has 0 saturated heterocycles. The molecule has 0 aliphatic heterocycles. The molecule has 1 saturated carbocycles. The van der Waals surface area contributed by atoms with Crippen molar-refractivity contribution < 1.29 is 13.2 Å². The van der Waals surface area contributed by atoms with Crippen LogP contribution in [-0.4, -0.2) is 0 Å². The highest BCUT2D eigenvalue weighted by Crippen LogP contribution is 2.49. The van der Waals surface area contributed by atoms with Gasteiger partial charge in [0.05, 0.1) is 0 Å². The molecule has 0 radical (unpaired) electrons. The Labute approximate surface area is 153 Å². The first-order valence-electron chi connectivity index (χ1n) is 9.84. The molecule has 1 fully saturated rings. The van der Waals surface area contributed by atoms with E-state index in [4.69, 9.17) is 0 Å². The summed E-state index contributed by atoms with van der Waals surface area (Å²) in [5.74, 6) is 0.283. The van der Waals surface area contributed by atoms with E-state index in [1.807, 2.05) is 6.07 Å². The Kier molecular flexibility index (Phi) is 4.81. The van der Waals surface area contributed by atoms with E-state index in [0.717, 1.165) is 42.4 Å². The largest absolute Gasteiger partial charge is 0.207 e. The normalized spacial score (nSPS) is 24.8. The van der Waals surface area contributed by atoms with Crippen LogP contribution in [0.1, 0.15) is 62.5 Å². The summed E-state index contributed by atoms with van der Waals surface area (Å²) in [6.45, 7) is 2.24. The second kappa shape index (κ2) is 7.09. The fourth-order valence-corrected chi connectivity index (χ4v) is 5.26. The van der Waals surface area contributed by atoms with Crippen molar-refractivity contribution in [3.8, 4) is 11.1 Å². The third kappa shape index (κ3) is 3.17. The van der Waals surface area contributed by atoms with Crippen LogP contribution in [-0.2, 0) is 6.42 Å². The van der Waals surface area contributed by atoms with Crippen LogP contribution in [0.3, 0.4) is 0 Å². The number of fused-ring (bicyclic) bond motifs is 3. The SMILES string of the molecule is CCCC1CCC2c3ccc(-c4cc(F)cc(F)c4)c(F)c3CCC2C1. The van der Waals surface area contributed by atoms with E-state index in [-0.39, 0.29) is 11.4 Å². The molecule has 0 amide bonds. The van der Waals surface area contributed by atoms with Crippen LogP contribution < -0.4 is 0 Å². The lowest BCUT2D eigenvalue weighted by Gasteiger charge is -2.41. The van der Waals surface area contributed by atoms with Crippen LogP contribution in [0.15, 0.2) is 30.3 Å². The van der Waals surface area contributed by atoms with Crippen LogP contribution >= 0.6 is 0 Å². The average molecular weight is 358 g/mol. The van der Waals surface area contributed by atoms with E-state index >= 15 is 4.39 Å². The number of benzene rings is 2. The maximum absolute atomic E-state index is 15.2. The Hall–Kier alpha value is -1.77. The summed E-state index contributed by atoms with van der Waals surface area (Å²) < 4.78 is 42.3. The van der Waals surface area contributed by atoms with Gasteiger partial charge in [0.1, 0.15) is 17.5 Å².